The standard InChI is InChI=1S/C31H41ClO3Si.C25H27ClO3/c1-30(2,3)36(4,5)35-27-13-9-10-23(18-27)29(34-15-14-33-26-11-7-6-8-12-26)28-24-16-22-17-25(28)21-31(32,19-22)20-24;26-25-14-17-11-19(15-25)23(20(12-17)16-25)24(18-5-4-6-21(27)13-18)29-10-9-28-22-7-2-1-3-8-22/h6-13,18,22,24-25H,14-17,19-21H2,1-5H3;1-8,13,17,19-20,27H,9-12,14-16H2. The van der Waals surface area contributed by atoms with E-state index in [0.29, 0.717) is 50.1 Å². The molecule has 65 heavy (non-hydrogen) atoms. The van der Waals surface area contributed by atoms with Gasteiger partial charge in [-0.2, -0.15) is 0 Å². The summed E-state index contributed by atoms with van der Waals surface area (Å²) in [6, 6.07) is 35.8. The molecule has 4 atom stereocenters. The Morgan fingerprint density at radius 3 is 1.38 bits per heavy atom. The lowest BCUT2D eigenvalue weighted by molar-refractivity contribution is 0.0819. The second-order valence-electron chi connectivity index (χ2n) is 21.5. The van der Waals surface area contributed by atoms with E-state index in [1.165, 1.54) is 49.7 Å². The largest absolute Gasteiger partial charge is 0.543 e. The minimum atomic E-state index is -1.94. The Bertz CT molecular complexity index is 2300. The molecule has 8 aliphatic rings. The Labute approximate surface area is 398 Å². The van der Waals surface area contributed by atoms with Gasteiger partial charge in [0.15, 0.2) is 0 Å². The molecule has 4 aromatic carbocycles. The molecule has 0 heterocycles. The SMILES string of the molecule is CC(C)(C)[Si](C)(C)Oc1cccc(C(OCCOc2ccccc2)=C2C3CC4CC2CC(Cl)(C4)C3)c1.Oc1cccc(C(OCCOc2ccccc2)=C2C3CC4CC2CC(Cl)(C4)C3)c1. The van der Waals surface area contributed by atoms with Crippen molar-refractivity contribution in [1.29, 1.82) is 0 Å². The predicted octanol–water partition coefficient (Wildman–Crippen LogP) is 14.7. The number of para-hydroxylation sites is 2. The van der Waals surface area contributed by atoms with Crippen LogP contribution in [0.3, 0.4) is 0 Å². The van der Waals surface area contributed by atoms with E-state index >= 15 is 0 Å². The van der Waals surface area contributed by atoms with Crippen LogP contribution in [0.15, 0.2) is 120 Å². The highest BCUT2D eigenvalue weighted by molar-refractivity contribution is 6.74. The summed E-state index contributed by atoms with van der Waals surface area (Å²) in [5.74, 6) is 8.44. The molecule has 346 valence electrons. The lowest BCUT2D eigenvalue weighted by Crippen LogP contribution is -2.49. The highest BCUT2D eigenvalue weighted by atomic mass is 35.5. The molecule has 8 bridgehead atoms. The van der Waals surface area contributed by atoms with Gasteiger partial charge in [0.2, 0.25) is 8.32 Å². The molecule has 0 saturated heterocycles. The first-order valence-corrected chi connectivity index (χ1v) is 27.9. The van der Waals surface area contributed by atoms with Crippen LogP contribution in [0.5, 0.6) is 23.0 Å². The Balaban J connectivity index is 0.000000168. The molecule has 0 amide bonds. The van der Waals surface area contributed by atoms with E-state index in [1.807, 2.05) is 78.9 Å². The van der Waals surface area contributed by atoms with Crippen LogP contribution in [0.1, 0.15) is 96.1 Å². The van der Waals surface area contributed by atoms with Gasteiger partial charge in [0, 0.05) is 20.9 Å². The fraction of sp³-hybridized carbons (Fsp3) is 0.500. The fourth-order valence-electron chi connectivity index (χ4n) is 12.2. The van der Waals surface area contributed by atoms with Crippen LogP contribution in [0.25, 0.3) is 11.5 Å². The van der Waals surface area contributed by atoms with Gasteiger partial charge in [-0.05, 0) is 178 Å². The van der Waals surface area contributed by atoms with Crippen molar-refractivity contribution in [3.8, 4) is 23.0 Å². The Hall–Kier alpha value is -4.04. The van der Waals surface area contributed by atoms with Crippen LogP contribution in [-0.2, 0) is 9.47 Å². The molecule has 0 radical (unpaired) electrons. The van der Waals surface area contributed by atoms with Gasteiger partial charge < -0.3 is 28.5 Å². The molecule has 4 unspecified atom stereocenters. The molecule has 6 nitrogen and oxygen atoms in total. The molecular formula is C56H68Cl2O6Si. The highest BCUT2D eigenvalue weighted by Crippen LogP contribution is 2.63. The van der Waals surface area contributed by atoms with E-state index in [2.05, 4.69) is 58.1 Å². The van der Waals surface area contributed by atoms with Gasteiger partial charge in [0.1, 0.15) is 60.9 Å². The normalized spacial score (nSPS) is 28.3. The molecule has 0 aromatic heterocycles. The lowest BCUT2D eigenvalue weighted by Gasteiger charge is -2.55. The molecule has 8 fully saturated rings. The van der Waals surface area contributed by atoms with Crippen LogP contribution in [0.2, 0.25) is 18.1 Å². The van der Waals surface area contributed by atoms with E-state index in [-0.39, 0.29) is 20.5 Å². The summed E-state index contributed by atoms with van der Waals surface area (Å²) in [4.78, 5) is -0.0187. The number of hydrogen-bond acceptors (Lipinski definition) is 6. The fourth-order valence-corrected chi connectivity index (χ4v) is 14.4. The molecule has 1 N–H and O–H groups in total. The highest BCUT2D eigenvalue weighted by Gasteiger charge is 2.55. The first-order chi connectivity index (χ1) is 31.1. The van der Waals surface area contributed by atoms with Crippen molar-refractivity contribution >= 4 is 43.0 Å². The smallest absolute Gasteiger partial charge is 0.250 e. The van der Waals surface area contributed by atoms with E-state index < -0.39 is 8.32 Å². The first kappa shape index (κ1) is 46.1. The van der Waals surface area contributed by atoms with E-state index in [0.717, 1.165) is 77.4 Å². The van der Waals surface area contributed by atoms with Gasteiger partial charge >= 0.3 is 0 Å². The number of aromatic hydroxyl groups is 1. The molecule has 4 aromatic rings. The van der Waals surface area contributed by atoms with Crippen molar-refractivity contribution in [2.75, 3.05) is 26.4 Å². The summed E-state index contributed by atoms with van der Waals surface area (Å²) in [5.41, 5.74) is 4.99. The third-order valence-electron chi connectivity index (χ3n) is 15.6. The van der Waals surface area contributed by atoms with Crippen molar-refractivity contribution in [2.24, 2.45) is 35.5 Å². The van der Waals surface area contributed by atoms with E-state index in [4.69, 9.17) is 46.6 Å². The Kier molecular flexibility index (Phi) is 13.4. The molecule has 8 saturated carbocycles. The van der Waals surface area contributed by atoms with Gasteiger partial charge in [-0.3, -0.25) is 0 Å². The Morgan fingerprint density at radius 1 is 0.554 bits per heavy atom. The second kappa shape index (κ2) is 18.9. The van der Waals surface area contributed by atoms with Crippen molar-refractivity contribution < 1.29 is 28.5 Å². The number of halogens is 2. The zero-order chi connectivity index (χ0) is 45.4. The zero-order valence-corrected chi connectivity index (χ0v) is 41.5. The maximum absolute atomic E-state index is 10.0. The van der Waals surface area contributed by atoms with Gasteiger partial charge in [-0.15, -0.1) is 23.2 Å². The van der Waals surface area contributed by atoms with Crippen molar-refractivity contribution in [2.45, 2.75) is 113 Å². The maximum Gasteiger partial charge on any atom is 0.250 e. The molecule has 8 aliphatic carbocycles. The number of phenols is 1. The van der Waals surface area contributed by atoms with Crippen LogP contribution in [0.4, 0.5) is 0 Å². The minimum Gasteiger partial charge on any atom is -0.543 e. The lowest BCUT2D eigenvalue weighted by atomic mass is 9.53. The van der Waals surface area contributed by atoms with Gasteiger partial charge in [0.05, 0.1) is 0 Å². The third kappa shape index (κ3) is 10.6. The quantitative estimate of drug-likeness (QED) is 0.0588. The molecule has 0 aliphatic heterocycles. The molecule has 0 spiro atoms. The molecule has 9 heteroatoms. The summed E-state index contributed by atoms with van der Waals surface area (Å²) >= 11 is 14.0. The van der Waals surface area contributed by atoms with Crippen LogP contribution in [0, 0.1) is 35.5 Å². The minimum absolute atomic E-state index is 0.00514. The number of allylic oxidation sites excluding steroid dienone is 2. The Morgan fingerprint density at radius 2 is 0.969 bits per heavy atom. The number of phenolic OH excluding ortho intramolecular Hbond substituents is 1. The molecule has 12 rings (SSSR count). The average Bonchev–Trinajstić information content (AvgIpc) is 3.24. The van der Waals surface area contributed by atoms with E-state index in [1.54, 1.807) is 6.07 Å². The number of alkyl halides is 2. The predicted molar refractivity (Wildman–Crippen MR) is 266 cm³/mol. The summed E-state index contributed by atoms with van der Waals surface area (Å²) < 4.78 is 31.4. The van der Waals surface area contributed by atoms with Crippen LogP contribution in [-0.4, -0.2) is 49.6 Å². The molecular weight excluding hydrogens is 868 g/mol. The van der Waals surface area contributed by atoms with Gasteiger partial charge in [-0.25, -0.2) is 0 Å². The topological polar surface area (TPSA) is 66.4 Å². The first-order valence-electron chi connectivity index (χ1n) is 24.2. The summed E-state index contributed by atoms with van der Waals surface area (Å²) in [5, 5.41) is 10.2. The van der Waals surface area contributed by atoms with Crippen LogP contribution >= 0.6 is 23.2 Å². The zero-order valence-electron chi connectivity index (χ0n) is 39.0. The maximum atomic E-state index is 10.0. The number of ether oxygens (including phenoxy) is 4. The van der Waals surface area contributed by atoms with Crippen molar-refractivity contribution in [3.05, 3.63) is 131 Å². The van der Waals surface area contributed by atoms with E-state index in [9.17, 15) is 5.11 Å². The van der Waals surface area contributed by atoms with Crippen molar-refractivity contribution in [3.63, 3.8) is 0 Å². The summed E-state index contributed by atoms with van der Waals surface area (Å²) in [7, 11) is -1.94. The summed E-state index contributed by atoms with van der Waals surface area (Å²) in [6.07, 6.45) is 11.5. The van der Waals surface area contributed by atoms with Crippen LogP contribution < -0.4 is 13.9 Å². The summed E-state index contributed by atoms with van der Waals surface area (Å²) in [6.45, 7) is 13.4. The number of rotatable bonds is 14. The number of benzene rings is 4. The number of hydrogen-bond donors (Lipinski definition) is 1. The van der Waals surface area contributed by atoms with Crippen molar-refractivity contribution in [1.82, 2.24) is 0 Å². The van der Waals surface area contributed by atoms with Gasteiger partial charge in [0.25, 0.3) is 0 Å². The monoisotopic (exact) mass is 934 g/mol. The third-order valence-corrected chi connectivity index (χ3v) is 20.9. The second-order valence-corrected chi connectivity index (χ2v) is 27.8. The van der Waals surface area contributed by atoms with Gasteiger partial charge in [-0.1, -0.05) is 81.4 Å². The average molecular weight is 936 g/mol.